The largest absolute Gasteiger partial charge is 0.372 e. The molecule has 0 radical (unpaired) electrons. The van der Waals surface area contributed by atoms with Crippen molar-refractivity contribution < 1.29 is 9.59 Å². The molecule has 6 nitrogen and oxygen atoms in total. The lowest BCUT2D eigenvalue weighted by Gasteiger charge is -2.13. The van der Waals surface area contributed by atoms with Gasteiger partial charge in [-0.15, -0.1) is 0 Å². The Morgan fingerprint density at radius 2 is 1.72 bits per heavy atom. The Balaban J connectivity index is 1.66. The zero-order valence-corrected chi connectivity index (χ0v) is 16.2. The number of aromatic nitrogens is 3. The Labute approximate surface area is 168 Å². The minimum atomic E-state index is -0.442. The number of benzene rings is 2. The first-order valence-corrected chi connectivity index (χ1v) is 9.34. The molecule has 4 aromatic rings. The van der Waals surface area contributed by atoms with E-state index in [2.05, 4.69) is 15.3 Å². The zero-order chi connectivity index (χ0) is 20.4. The first-order valence-electron chi connectivity index (χ1n) is 9.34. The molecule has 0 aliphatic carbocycles. The fourth-order valence-corrected chi connectivity index (χ4v) is 3.39. The van der Waals surface area contributed by atoms with Crippen LogP contribution in [0.25, 0.3) is 11.0 Å². The third-order valence-electron chi connectivity index (χ3n) is 5.01. The Hall–Kier alpha value is -3.80. The first-order chi connectivity index (χ1) is 14.1. The molecule has 1 atom stereocenters. The highest BCUT2D eigenvalue weighted by Crippen LogP contribution is 2.25. The van der Waals surface area contributed by atoms with Crippen molar-refractivity contribution in [1.29, 1.82) is 0 Å². The number of anilines is 1. The van der Waals surface area contributed by atoms with Gasteiger partial charge in [-0.2, -0.15) is 0 Å². The highest BCUT2D eigenvalue weighted by molar-refractivity contribution is 6.09. The van der Waals surface area contributed by atoms with Gasteiger partial charge in [-0.3, -0.25) is 14.2 Å². The number of carbonyl (C=O) groups is 2. The van der Waals surface area contributed by atoms with E-state index in [4.69, 9.17) is 0 Å². The van der Waals surface area contributed by atoms with E-state index < -0.39 is 5.92 Å². The van der Waals surface area contributed by atoms with Crippen molar-refractivity contribution in [3.63, 3.8) is 0 Å². The highest BCUT2D eigenvalue weighted by atomic mass is 16.2. The van der Waals surface area contributed by atoms with Gasteiger partial charge in [0.05, 0.1) is 11.3 Å². The molecule has 0 saturated carbocycles. The van der Waals surface area contributed by atoms with Crippen LogP contribution in [-0.4, -0.2) is 33.3 Å². The van der Waals surface area contributed by atoms with E-state index >= 15 is 0 Å². The van der Waals surface area contributed by atoms with Crippen molar-refractivity contribution in [2.45, 2.75) is 12.8 Å². The van der Waals surface area contributed by atoms with Gasteiger partial charge in [0, 0.05) is 24.4 Å². The molecule has 0 saturated heterocycles. The number of hydrogen-bond acceptors (Lipinski definition) is 5. The average molecular weight is 384 g/mol. The minimum Gasteiger partial charge on any atom is -0.372 e. The second-order valence-corrected chi connectivity index (χ2v) is 6.78. The Kier molecular flexibility index (Phi) is 4.91. The number of nitrogens with zero attached hydrogens (tertiary/aromatic N) is 3. The fourth-order valence-electron chi connectivity index (χ4n) is 3.39. The number of carbonyl (C=O) groups excluding carboxylic acids is 2. The molecule has 2 heterocycles. The first kappa shape index (κ1) is 18.6. The zero-order valence-electron chi connectivity index (χ0n) is 16.2. The van der Waals surface area contributed by atoms with E-state index in [1.54, 1.807) is 37.5 Å². The van der Waals surface area contributed by atoms with Gasteiger partial charge in [0.25, 0.3) is 0 Å². The van der Waals surface area contributed by atoms with Crippen molar-refractivity contribution in [3.8, 4) is 0 Å². The molecule has 4 rings (SSSR count). The van der Waals surface area contributed by atoms with E-state index in [1.165, 1.54) is 10.9 Å². The Morgan fingerprint density at radius 1 is 0.966 bits per heavy atom. The molecular weight excluding hydrogens is 364 g/mol. The molecule has 6 heteroatoms. The predicted octanol–water partition coefficient (Wildman–Crippen LogP) is 4.15. The lowest BCUT2D eigenvalue weighted by molar-refractivity contribution is 0.0888. The fraction of sp³-hybridized carbons (Fsp3) is 0.130. The number of rotatable bonds is 5. The second kappa shape index (κ2) is 7.67. The van der Waals surface area contributed by atoms with Gasteiger partial charge >= 0.3 is 0 Å². The number of fused-ring (bicyclic) bond motifs is 1. The summed E-state index contributed by atoms with van der Waals surface area (Å²) < 4.78 is 1.54. The molecule has 0 aliphatic rings. The van der Waals surface area contributed by atoms with Gasteiger partial charge in [-0.1, -0.05) is 48.5 Å². The van der Waals surface area contributed by atoms with E-state index in [1.807, 2.05) is 43.3 Å². The summed E-state index contributed by atoms with van der Waals surface area (Å²) in [6.45, 7) is 1.83. The van der Waals surface area contributed by atoms with E-state index in [0.717, 1.165) is 10.9 Å². The number of nitrogens with one attached hydrogen (secondary N) is 1. The SMILES string of the molecule is CNc1ncnc2c1ccn2C(=O)C(C)c1cccc(C(=O)c2ccccc2)c1. The maximum absolute atomic E-state index is 13.2. The summed E-state index contributed by atoms with van der Waals surface area (Å²) in [5.41, 5.74) is 2.51. The summed E-state index contributed by atoms with van der Waals surface area (Å²) in [6, 6.07) is 18.2. The summed E-state index contributed by atoms with van der Waals surface area (Å²) in [7, 11) is 1.78. The van der Waals surface area contributed by atoms with Crippen molar-refractivity contribution in [2.75, 3.05) is 12.4 Å². The van der Waals surface area contributed by atoms with Crippen LogP contribution >= 0.6 is 0 Å². The lowest BCUT2D eigenvalue weighted by Crippen LogP contribution is -2.18. The monoisotopic (exact) mass is 384 g/mol. The molecule has 29 heavy (non-hydrogen) atoms. The molecule has 0 fully saturated rings. The van der Waals surface area contributed by atoms with Crippen molar-refractivity contribution >= 4 is 28.5 Å². The van der Waals surface area contributed by atoms with E-state index in [9.17, 15) is 9.59 Å². The quantitative estimate of drug-likeness (QED) is 0.523. The van der Waals surface area contributed by atoms with Gasteiger partial charge < -0.3 is 5.32 Å². The predicted molar refractivity (Wildman–Crippen MR) is 112 cm³/mol. The summed E-state index contributed by atoms with van der Waals surface area (Å²) in [4.78, 5) is 34.4. The van der Waals surface area contributed by atoms with E-state index in [-0.39, 0.29) is 11.7 Å². The number of ketones is 1. The summed E-state index contributed by atoms with van der Waals surface area (Å²) in [5.74, 6) is 0.0433. The summed E-state index contributed by atoms with van der Waals surface area (Å²) in [5, 5.41) is 3.79. The molecule has 0 amide bonds. The minimum absolute atomic E-state index is 0.0649. The van der Waals surface area contributed by atoms with Gasteiger partial charge in [0.1, 0.15) is 12.1 Å². The van der Waals surface area contributed by atoms with Gasteiger partial charge in [-0.25, -0.2) is 9.97 Å². The van der Waals surface area contributed by atoms with Crippen LogP contribution < -0.4 is 5.32 Å². The maximum atomic E-state index is 13.2. The maximum Gasteiger partial charge on any atom is 0.239 e. The van der Waals surface area contributed by atoms with Gasteiger partial charge in [0.2, 0.25) is 5.91 Å². The van der Waals surface area contributed by atoms with Gasteiger partial charge in [0.15, 0.2) is 11.4 Å². The van der Waals surface area contributed by atoms with Crippen LogP contribution in [-0.2, 0) is 0 Å². The normalized spacial score (nSPS) is 11.9. The van der Waals surface area contributed by atoms with Crippen LogP contribution in [0.2, 0.25) is 0 Å². The molecule has 2 aromatic carbocycles. The molecule has 1 N–H and O–H groups in total. The highest BCUT2D eigenvalue weighted by Gasteiger charge is 2.21. The lowest BCUT2D eigenvalue weighted by atomic mass is 9.95. The third-order valence-corrected chi connectivity index (χ3v) is 5.01. The Morgan fingerprint density at radius 3 is 2.48 bits per heavy atom. The number of hydrogen-bond donors (Lipinski definition) is 1. The van der Waals surface area contributed by atoms with Crippen LogP contribution in [0.4, 0.5) is 5.82 Å². The van der Waals surface area contributed by atoms with Crippen molar-refractivity contribution in [1.82, 2.24) is 14.5 Å². The summed E-state index contributed by atoms with van der Waals surface area (Å²) >= 11 is 0. The van der Waals surface area contributed by atoms with Crippen LogP contribution in [0.3, 0.4) is 0 Å². The third kappa shape index (κ3) is 3.40. The van der Waals surface area contributed by atoms with Crippen LogP contribution in [0.15, 0.2) is 73.2 Å². The van der Waals surface area contributed by atoms with Crippen molar-refractivity contribution in [3.05, 3.63) is 89.9 Å². The average Bonchev–Trinajstić information content (AvgIpc) is 3.22. The van der Waals surface area contributed by atoms with Crippen molar-refractivity contribution in [2.24, 2.45) is 0 Å². The van der Waals surface area contributed by atoms with Crippen LogP contribution in [0.1, 0.15) is 39.1 Å². The molecule has 0 aliphatic heterocycles. The topological polar surface area (TPSA) is 76.9 Å². The smallest absolute Gasteiger partial charge is 0.239 e. The molecule has 144 valence electrons. The Bertz CT molecular complexity index is 1200. The standard InChI is InChI=1S/C23H20N4O2/c1-15(23(29)27-12-11-19-21(24-2)25-14-26-22(19)27)17-9-6-10-18(13-17)20(28)16-7-4-3-5-8-16/h3-15H,1-2H3,(H,24,25,26). The molecule has 0 spiro atoms. The molecule has 1 unspecified atom stereocenters. The van der Waals surface area contributed by atoms with E-state index in [0.29, 0.717) is 22.6 Å². The second-order valence-electron chi connectivity index (χ2n) is 6.78. The molecular formula is C23H20N4O2. The van der Waals surface area contributed by atoms with Crippen LogP contribution in [0.5, 0.6) is 0 Å². The van der Waals surface area contributed by atoms with Gasteiger partial charge in [-0.05, 0) is 24.6 Å². The molecule has 2 aromatic heterocycles. The molecule has 0 bridgehead atoms. The summed E-state index contributed by atoms with van der Waals surface area (Å²) in [6.07, 6.45) is 3.14. The van der Waals surface area contributed by atoms with Crippen LogP contribution in [0, 0.1) is 0 Å².